The Morgan fingerprint density at radius 1 is 0.912 bits per heavy atom. The molecule has 2 fully saturated rings. The summed E-state index contributed by atoms with van der Waals surface area (Å²) in [7, 11) is 1.84. The number of likely N-dealkylation sites (tertiary alicyclic amines) is 2. The standard InChI is InChI=1S/C28H31N3O3/c1-29-17-24-12-13-26(34-24)28(33)31-19-23(21-10-6-3-7-11-21)16-25(31)27(32)30-15-14-22(18-30)20-8-4-2-5-9-20/h2-13,22-23,25,29H,14-19H2,1H3/t22-,23-,25-/m0/s1. The molecule has 6 nitrogen and oxygen atoms in total. The molecule has 3 atom stereocenters. The van der Waals surface area contributed by atoms with Gasteiger partial charge in [0.1, 0.15) is 11.8 Å². The molecule has 0 radical (unpaired) electrons. The predicted octanol–water partition coefficient (Wildman–Crippen LogP) is 4.01. The third-order valence-electron chi connectivity index (χ3n) is 7.11. The smallest absolute Gasteiger partial charge is 0.290 e. The van der Waals surface area contributed by atoms with Crippen molar-refractivity contribution in [2.75, 3.05) is 26.7 Å². The molecular formula is C28H31N3O3. The highest BCUT2D eigenvalue weighted by Crippen LogP contribution is 2.36. The van der Waals surface area contributed by atoms with Gasteiger partial charge in [0, 0.05) is 31.5 Å². The van der Waals surface area contributed by atoms with Crippen LogP contribution >= 0.6 is 0 Å². The van der Waals surface area contributed by atoms with Crippen molar-refractivity contribution in [1.29, 1.82) is 0 Å². The lowest BCUT2D eigenvalue weighted by atomic mass is 9.96. The molecule has 2 aliphatic rings. The van der Waals surface area contributed by atoms with Crippen LogP contribution in [0.2, 0.25) is 0 Å². The highest BCUT2D eigenvalue weighted by molar-refractivity contribution is 5.96. The van der Waals surface area contributed by atoms with E-state index in [1.54, 1.807) is 11.0 Å². The molecule has 3 heterocycles. The van der Waals surface area contributed by atoms with Gasteiger partial charge in [-0.3, -0.25) is 9.59 Å². The van der Waals surface area contributed by atoms with Crippen molar-refractivity contribution < 1.29 is 14.0 Å². The molecule has 176 valence electrons. The van der Waals surface area contributed by atoms with Crippen LogP contribution in [0.15, 0.2) is 77.2 Å². The number of nitrogens with zero attached hydrogens (tertiary/aromatic N) is 2. The van der Waals surface area contributed by atoms with Crippen LogP contribution in [0.4, 0.5) is 0 Å². The highest BCUT2D eigenvalue weighted by Gasteiger charge is 2.44. The van der Waals surface area contributed by atoms with Crippen LogP contribution < -0.4 is 5.32 Å². The van der Waals surface area contributed by atoms with Gasteiger partial charge in [-0.05, 0) is 43.1 Å². The summed E-state index contributed by atoms with van der Waals surface area (Å²) in [4.78, 5) is 30.9. The Kier molecular flexibility index (Phi) is 6.50. The summed E-state index contributed by atoms with van der Waals surface area (Å²) < 4.78 is 5.79. The molecular weight excluding hydrogens is 426 g/mol. The molecule has 2 saturated heterocycles. The van der Waals surface area contributed by atoms with Gasteiger partial charge in [-0.15, -0.1) is 0 Å². The molecule has 6 heteroatoms. The summed E-state index contributed by atoms with van der Waals surface area (Å²) in [5.74, 6) is 1.30. The second-order valence-electron chi connectivity index (χ2n) is 9.29. The quantitative estimate of drug-likeness (QED) is 0.607. The van der Waals surface area contributed by atoms with E-state index in [0.717, 1.165) is 18.5 Å². The number of amides is 2. The minimum atomic E-state index is -0.481. The molecule has 1 aromatic heterocycles. The Balaban J connectivity index is 1.37. The lowest BCUT2D eigenvalue weighted by molar-refractivity contribution is -0.134. The summed E-state index contributed by atoms with van der Waals surface area (Å²) in [5.41, 5.74) is 2.43. The van der Waals surface area contributed by atoms with E-state index in [1.807, 2.05) is 54.4 Å². The number of carbonyl (C=O) groups is 2. The molecule has 0 aliphatic carbocycles. The zero-order chi connectivity index (χ0) is 23.5. The van der Waals surface area contributed by atoms with E-state index in [9.17, 15) is 9.59 Å². The van der Waals surface area contributed by atoms with Crippen LogP contribution in [0.25, 0.3) is 0 Å². The summed E-state index contributed by atoms with van der Waals surface area (Å²) in [5, 5.41) is 3.04. The Labute approximate surface area is 200 Å². The van der Waals surface area contributed by atoms with Crippen molar-refractivity contribution in [1.82, 2.24) is 15.1 Å². The van der Waals surface area contributed by atoms with Crippen LogP contribution in [-0.2, 0) is 11.3 Å². The van der Waals surface area contributed by atoms with E-state index in [-0.39, 0.29) is 17.7 Å². The fourth-order valence-electron chi connectivity index (χ4n) is 5.33. The summed E-state index contributed by atoms with van der Waals surface area (Å²) in [6.07, 6.45) is 1.58. The predicted molar refractivity (Wildman–Crippen MR) is 130 cm³/mol. The van der Waals surface area contributed by atoms with Crippen molar-refractivity contribution in [3.8, 4) is 0 Å². The van der Waals surface area contributed by atoms with Gasteiger partial charge in [0.15, 0.2) is 5.76 Å². The van der Waals surface area contributed by atoms with Gasteiger partial charge in [0.2, 0.25) is 5.91 Å². The first-order valence-electron chi connectivity index (χ1n) is 12.1. The lowest BCUT2D eigenvalue weighted by Gasteiger charge is -2.27. The van der Waals surface area contributed by atoms with Gasteiger partial charge in [0.05, 0.1) is 6.54 Å². The van der Waals surface area contributed by atoms with Gasteiger partial charge in [-0.25, -0.2) is 0 Å². The monoisotopic (exact) mass is 457 g/mol. The normalized spacial score (nSPS) is 22.3. The number of rotatable bonds is 6. The maximum Gasteiger partial charge on any atom is 0.290 e. The molecule has 3 aromatic rings. The Morgan fingerprint density at radius 3 is 2.26 bits per heavy atom. The first-order valence-corrected chi connectivity index (χ1v) is 12.1. The van der Waals surface area contributed by atoms with Crippen LogP contribution in [0.5, 0.6) is 0 Å². The summed E-state index contributed by atoms with van der Waals surface area (Å²) in [6.45, 7) is 2.48. The van der Waals surface area contributed by atoms with E-state index in [4.69, 9.17) is 4.42 Å². The topological polar surface area (TPSA) is 65.8 Å². The highest BCUT2D eigenvalue weighted by atomic mass is 16.4. The van der Waals surface area contributed by atoms with Crippen LogP contribution in [0, 0.1) is 0 Å². The third kappa shape index (κ3) is 4.50. The van der Waals surface area contributed by atoms with Crippen molar-refractivity contribution in [2.45, 2.75) is 37.3 Å². The average molecular weight is 458 g/mol. The zero-order valence-electron chi connectivity index (χ0n) is 19.5. The molecule has 5 rings (SSSR count). The molecule has 0 spiro atoms. The van der Waals surface area contributed by atoms with E-state index in [2.05, 4.69) is 29.6 Å². The largest absolute Gasteiger partial charge is 0.455 e. The van der Waals surface area contributed by atoms with Gasteiger partial charge in [-0.2, -0.15) is 0 Å². The lowest BCUT2D eigenvalue weighted by Crippen LogP contribution is -2.47. The SMILES string of the molecule is CNCc1ccc(C(=O)N2C[C@@H](c3ccccc3)C[C@H]2C(=O)N2CC[C@H](c3ccccc3)C2)o1. The van der Waals surface area contributed by atoms with Crippen molar-refractivity contribution in [3.05, 3.63) is 95.4 Å². The number of carbonyl (C=O) groups excluding carboxylic acids is 2. The fraction of sp³-hybridized carbons (Fsp3) is 0.357. The molecule has 2 amide bonds. The average Bonchev–Trinajstić information content (AvgIpc) is 3.64. The second-order valence-corrected chi connectivity index (χ2v) is 9.29. The van der Waals surface area contributed by atoms with E-state index >= 15 is 0 Å². The van der Waals surface area contributed by atoms with Gasteiger partial charge >= 0.3 is 0 Å². The van der Waals surface area contributed by atoms with Crippen molar-refractivity contribution >= 4 is 11.8 Å². The Hall–Kier alpha value is -3.38. The number of hydrogen-bond donors (Lipinski definition) is 1. The second kappa shape index (κ2) is 9.85. The number of benzene rings is 2. The van der Waals surface area contributed by atoms with Crippen LogP contribution in [0.1, 0.15) is 52.1 Å². The Bertz CT molecular complexity index is 1130. The summed E-state index contributed by atoms with van der Waals surface area (Å²) >= 11 is 0. The third-order valence-corrected chi connectivity index (χ3v) is 7.11. The summed E-state index contributed by atoms with van der Waals surface area (Å²) in [6, 6.07) is 23.6. The molecule has 0 saturated carbocycles. The number of nitrogens with one attached hydrogen (secondary N) is 1. The first-order chi connectivity index (χ1) is 16.6. The molecule has 0 unspecified atom stereocenters. The van der Waals surface area contributed by atoms with Crippen LogP contribution in [-0.4, -0.2) is 54.3 Å². The number of hydrogen-bond acceptors (Lipinski definition) is 4. The Morgan fingerprint density at radius 2 is 1.59 bits per heavy atom. The van der Waals surface area contributed by atoms with Gasteiger partial charge < -0.3 is 19.5 Å². The number of furan rings is 1. The fourth-order valence-corrected chi connectivity index (χ4v) is 5.33. The van der Waals surface area contributed by atoms with E-state index in [1.165, 1.54) is 5.56 Å². The molecule has 2 aromatic carbocycles. The van der Waals surface area contributed by atoms with Crippen LogP contribution in [0.3, 0.4) is 0 Å². The maximum absolute atomic E-state index is 13.7. The minimum absolute atomic E-state index is 0.0483. The minimum Gasteiger partial charge on any atom is -0.455 e. The first kappa shape index (κ1) is 22.4. The van der Waals surface area contributed by atoms with Crippen molar-refractivity contribution in [3.63, 3.8) is 0 Å². The van der Waals surface area contributed by atoms with E-state index in [0.29, 0.717) is 43.5 Å². The zero-order valence-corrected chi connectivity index (χ0v) is 19.5. The van der Waals surface area contributed by atoms with Gasteiger partial charge in [-0.1, -0.05) is 60.7 Å². The van der Waals surface area contributed by atoms with E-state index < -0.39 is 6.04 Å². The molecule has 2 aliphatic heterocycles. The maximum atomic E-state index is 13.7. The molecule has 1 N–H and O–H groups in total. The van der Waals surface area contributed by atoms with Gasteiger partial charge in [0.25, 0.3) is 5.91 Å². The van der Waals surface area contributed by atoms with Crippen molar-refractivity contribution in [2.24, 2.45) is 0 Å². The molecule has 0 bridgehead atoms. The molecule has 34 heavy (non-hydrogen) atoms.